The zero-order valence-corrected chi connectivity index (χ0v) is 20.5. The van der Waals surface area contributed by atoms with E-state index in [0.29, 0.717) is 0 Å². The van der Waals surface area contributed by atoms with Crippen LogP contribution in [0.5, 0.6) is 0 Å². The summed E-state index contributed by atoms with van der Waals surface area (Å²) in [6.45, 7) is 0. The Morgan fingerprint density at radius 3 is 0.333 bits per heavy atom. The van der Waals surface area contributed by atoms with Crippen molar-refractivity contribution in [3.8, 4) is 0 Å². The Morgan fingerprint density at radius 1 is 0.333 bits per heavy atom. The van der Waals surface area contributed by atoms with E-state index in [9.17, 15) is 0 Å². The SMILES string of the molecule is [Ce+3].[Cl-].[Cl-].[Cl-].[Cl-].[Cl-].[Cl-].[Cl-].[Cl-].[Cl-].[La+3].[Tb+3]. The van der Waals surface area contributed by atoms with Gasteiger partial charge in [0.05, 0.1) is 0 Å². The van der Waals surface area contributed by atoms with E-state index in [1.807, 2.05) is 0 Å². The van der Waals surface area contributed by atoms with Gasteiger partial charge in [-0.1, -0.05) is 0 Å². The Hall–Kier alpha value is 6.47. The molecule has 0 atom stereocenters. The van der Waals surface area contributed by atoms with Gasteiger partial charge < -0.3 is 112 Å². The molecule has 0 aromatic heterocycles. The fraction of sp³-hybridized carbons (Fsp3) is 0. The molecule has 0 saturated carbocycles. The van der Waals surface area contributed by atoms with E-state index in [-0.39, 0.29) is 228 Å². The van der Waals surface area contributed by atoms with Crippen molar-refractivity contribution >= 4 is 0 Å². The number of hydrogen-bond donors (Lipinski definition) is 0. The third-order valence-corrected chi connectivity index (χ3v) is 0. The molecule has 0 N–H and O–H groups in total. The summed E-state index contributed by atoms with van der Waals surface area (Å²) >= 11 is 0. The maximum Gasteiger partial charge on any atom is 3.00 e. The standard InChI is InChI=1S/Ce.9ClH.La.Tb/h;9*1H;;/q+3;;;;;;;;;;2*+3/p-9. The minimum Gasteiger partial charge on any atom is -1.00 e. The third-order valence-electron chi connectivity index (χ3n) is 0. The van der Waals surface area contributed by atoms with E-state index >= 15 is 0 Å². The van der Waals surface area contributed by atoms with Gasteiger partial charge in [-0.05, 0) is 0 Å². The number of halogens is 9. The van der Waals surface area contributed by atoms with Crippen molar-refractivity contribution in [2.45, 2.75) is 0 Å². The van der Waals surface area contributed by atoms with Crippen LogP contribution in [0.25, 0.3) is 0 Å². The van der Waals surface area contributed by atoms with Crippen LogP contribution in [-0.4, -0.2) is 0 Å². The fourth-order valence-corrected chi connectivity index (χ4v) is 0. The van der Waals surface area contributed by atoms with Gasteiger partial charge in [0.25, 0.3) is 0 Å². The van der Waals surface area contributed by atoms with Crippen LogP contribution in [0.3, 0.4) is 0 Å². The van der Waals surface area contributed by atoms with E-state index in [0.717, 1.165) is 0 Å². The first-order chi connectivity index (χ1) is 0. The van der Waals surface area contributed by atoms with Crippen LogP contribution in [0.1, 0.15) is 0 Å². The molecule has 0 heterocycles. The van der Waals surface area contributed by atoms with Crippen molar-refractivity contribution < 1.29 is 228 Å². The van der Waals surface area contributed by atoms with Crippen molar-refractivity contribution in [3.63, 3.8) is 0 Å². The number of hydrogen-bond acceptors (Lipinski definition) is 0. The van der Waals surface area contributed by atoms with E-state index in [2.05, 4.69) is 0 Å². The van der Waals surface area contributed by atoms with Gasteiger partial charge in [-0.2, -0.15) is 0 Å². The molecular formula is CeCl9LaTb. The number of rotatable bonds is 0. The molecular weight excluding hydrogens is 757 g/mol. The summed E-state index contributed by atoms with van der Waals surface area (Å²) in [5.74, 6) is 0. The van der Waals surface area contributed by atoms with Crippen LogP contribution >= 0.6 is 0 Å². The van der Waals surface area contributed by atoms with Gasteiger partial charge in [-0.25, -0.2) is 0 Å². The molecule has 0 bridgehead atoms. The summed E-state index contributed by atoms with van der Waals surface area (Å²) in [5.41, 5.74) is 0. The van der Waals surface area contributed by atoms with Crippen LogP contribution in [0.4, 0.5) is 0 Å². The molecule has 0 fully saturated rings. The zero-order valence-electron chi connectivity index (χ0n) is 4.81. The Bertz CT molecular complexity index is 14.5. The predicted octanol–water partition coefficient (Wildman–Crippen LogP) is -27.0. The minimum absolute atomic E-state index is 0. The first-order valence-electron chi connectivity index (χ1n) is 0. The Kier molecular flexibility index (Phi) is 1270. The molecule has 79 valence electrons. The van der Waals surface area contributed by atoms with Crippen LogP contribution in [0.2, 0.25) is 0 Å². The van der Waals surface area contributed by atoms with Gasteiger partial charge in [0.15, 0.2) is 0 Å². The predicted molar refractivity (Wildman–Crippen MR) is 0 cm³/mol. The molecule has 0 saturated heterocycles. The van der Waals surface area contributed by atoms with E-state index in [1.54, 1.807) is 0 Å². The molecule has 12 heteroatoms. The second-order valence-electron chi connectivity index (χ2n) is 0. The molecule has 0 aromatic rings. The van der Waals surface area contributed by atoms with Gasteiger partial charge in [-0.3, -0.25) is 0 Å². The maximum absolute atomic E-state index is 0. The normalized spacial score (nSPS) is 0. The van der Waals surface area contributed by atoms with Crippen molar-refractivity contribution in [2.75, 3.05) is 0 Å². The topological polar surface area (TPSA) is 0 Å². The molecule has 1 radical (unpaired) electrons. The molecule has 12 heavy (non-hydrogen) atoms. The molecule has 0 aliphatic carbocycles. The largest absolute Gasteiger partial charge is 3.00 e. The average molecular weight is 757 g/mol. The second kappa shape index (κ2) is 113. The van der Waals surface area contributed by atoms with Crippen LogP contribution < -0.4 is 112 Å². The smallest absolute Gasteiger partial charge is 1.00 e. The van der Waals surface area contributed by atoms with Crippen LogP contribution in [0.15, 0.2) is 0 Å². The van der Waals surface area contributed by atoms with E-state index < -0.39 is 0 Å². The van der Waals surface area contributed by atoms with Gasteiger partial charge in [-0.15, -0.1) is 0 Å². The van der Waals surface area contributed by atoms with Crippen molar-refractivity contribution in [3.05, 3.63) is 0 Å². The summed E-state index contributed by atoms with van der Waals surface area (Å²) in [6, 6.07) is 0. The summed E-state index contributed by atoms with van der Waals surface area (Å²) in [6.07, 6.45) is 0. The zero-order chi connectivity index (χ0) is 0. The average Bonchev–Trinajstić information content (AvgIpc) is 0. The Labute approximate surface area is 222 Å². The molecule has 0 aromatic carbocycles. The quantitative estimate of drug-likeness (QED) is 0.231. The molecule has 0 amide bonds. The van der Waals surface area contributed by atoms with Crippen LogP contribution in [-0.2, 0) is 0 Å². The molecule has 0 nitrogen and oxygen atoms in total. The third kappa shape index (κ3) is 94.2. The Morgan fingerprint density at radius 2 is 0.333 bits per heavy atom. The van der Waals surface area contributed by atoms with Gasteiger partial charge in [0.2, 0.25) is 0 Å². The molecule has 0 spiro atoms. The molecule has 0 aliphatic heterocycles. The van der Waals surface area contributed by atoms with E-state index in [4.69, 9.17) is 0 Å². The van der Waals surface area contributed by atoms with Crippen LogP contribution in [0, 0.1) is 116 Å². The van der Waals surface area contributed by atoms with Gasteiger partial charge >= 0.3 is 116 Å². The minimum atomic E-state index is 0. The Balaban J connectivity index is 0. The van der Waals surface area contributed by atoms with E-state index in [1.165, 1.54) is 0 Å². The van der Waals surface area contributed by atoms with Crippen molar-refractivity contribution in [2.24, 2.45) is 0 Å². The molecule has 0 rings (SSSR count). The summed E-state index contributed by atoms with van der Waals surface area (Å²) < 4.78 is 0. The maximum atomic E-state index is 0. The van der Waals surface area contributed by atoms with Crippen molar-refractivity contribution in [1.29, 1.82) is 0 Å². The molecule has 0 unspecified atom stereocenters. The van der Waals surface area contributed by atoms with Crippen molar-refractivity contribution in [1.82, 2.24) is 0 Å². The summed E-state index contributed by atoms with van der Waals surface area (Å²) in [4.78, 5) is 0. The second-order valence-corrected chi connectivity index (χ2v) is 0. The monoisotopic (exact) mass is 752 g/mol. The molecule has 0 aliphatic rings. The summed E-state index contributed by atoms with van der Waals surface area (Å²) in [7, 11) is 0. The van der Waals surface area contributed by atoms with Gasteiger partial charge in [0.1, 0.15) is 0 Å². The summed E-state index contributed by atoms with van der Waals surface area (Å²) in [5, 5.41) is 0. The van der Waals surface area contributed by atoms with Gasteiger partial charge in [0, 0.05) is 0 Å². The first kappa shape index (κ1) is 135. The fourth-order valence-electron chi connectivity index (χ4n) is 0. The first-order valence-corrected chi connectivity index (χ1v) is 0.